The van der Waals surface area contributed by atoms with Gasteiger partial charge in [-0.1, -0.05) is 70.0 Å². The Bertz CT molecular complexity index is 610. The zero-order chi connectivity index (χ0) is 15.9. The highest BCUT2D eigenvalue weighted by Crippen LogP contribution is 2.15. The van der Waals surface area contributed by atoms with E-state index in [1.54, 1.807) is 0 Å². The van der Waals surface area contributed by atoms with E-state index in [4.69, 9.17) is 0 Å². The zero-order valence-corrected chi connectivity index (χ0v) is 15.9. The van der Waals surface area contributed by atoms with Crippen molar-refractivity contribution in [3.05, 3.63) is 68.6 Å². The summed E-state index contributed by atoms with van der Waals surface area (Å²) < 4.78 is 2.14. The Balaban J connectivity index is 2.31. The van der Waals surface area contributed by atoms with Gasteiger partial charge in [-0.2, -0.15) is 10.2 Å². The van der Waals surface area contributed by atoms with Crippen LogP contribution in [0.2, 0.25) is 0 Å². The van der Waals surface area contributed by atoms with Crippen LogP contribution in [-0.2, 0) is 0 Å². The Morgan fingerprint density at radius 3 is 1.27 bits per heavy atom. The molecule has 0 aliphatic heterocycles. The quantitative estimate of drug-likeness (QED) is 0.404. The van der Waals surface area contributed by atoms with Crippen molar-refractivity contribution in [2.45, 2.75) is 26.7 Å². The summed E-state index contributed by atoms with van der Waals surface area (Å²) in [5, 5.41) is 8.98. The van der Waals surface area contributed by atoms with Crippen LogP contribution in [-0.4, -0.2) is 11.4 Å². The van der Waals surface area contributed by atoms with Gasteiger partial charge in [-0.25, -0.2) is 0 Å². The highest BCUT2D eigenvalue weighted by Gasteiger charge is 2.03. The second kappa shape index (κ2) is 8.39. The SMILES string of the molecule is CC/C(=N/N=C(/CC)c1ccc(Br)cc1)c1ccc(Br)cc1. The van der Waals surface area contributed by atoms with Gasteiger partial charge in [0, 0.05) is 8.95 Å². The average Bonchev–Trinajstić information content (AvgIpc) is 2.54. The molecule has 0 amide bonds. The van der Waals surface area contributed by atoms with Gasteiger partial charge in [0.25, 0.3) is 0 Å². The summed E-state index contributed by atoms with van der Waals surface area (Å²) in [6, 6.07) is 16.4. The normalized spacial score (nSPS) is 12.5. The number of hydrogen-bond acceptors (Lipinski definition) is 2. The number of hydrogen-bond donors (Lipinski definition) is 0. The molecule has 0 radical (unpaired) electrons. The average molecular weight is 422 g/mol. The van der Waals surface area contributed by atoms with Gasteiger partial charge in [0.2, 0.25) is 0 Å². The molecule has 2 aromatic carbocycles. The van der Waals surface area contributed by atoms with Crippen molar-refractivity contribution in [2.24, 2.45) is 10.2 Å². The molecule has 0 saturated heterocycles. The number of halogens is 2. The maximum atomic E-state index is 4.49. The Kier molecular flexibility index (Phi) is 6.52. The molecule has 2 aromatic rings. The smallest absolute Gasteiger partial charge is 0.0700 e. The van der Waals surface area contributed by atoms with Crippen LogP contribution in [0.3, 0.4) is 0 Å². The monoisotopic (exact) mass is 420 g/mol. The molecule has 0 saturated carbocycles. The lowest BCUT2D eigenvalue weighted by molar-refractivity contribution is 1.13. The topological polar surface area (TPSA) is 24.7 Å². The molecule has 0 aliphatic rings. The van der Waals surface area contributed by atoms with Crippen molar-refractivity contribution in [1.29, 1.82) is 0 Å². The van der Waals surface area contributed by atoms with Crippen LogP contribution >= 0.6 is 31.9 Å². The standard InChI is InChI=1S/C18H18Br2N2/c1-3-17(13-5-9-15(19)10-6-13)21-22-18(4-2)14-7-11-16(20)12-8-14/h5-12H,3-4H2,1-2H3/b21-17-,22-18-. The fourth-order valence-electron chi connectivity index (χ4n) is 2.07. The molecule has 0 aromatic heterocycles. The third-order valence-electron chi connectivity index (χ3n) is 3.32. The van der Waals surface area contributed by atoms with E-state index < -0.39 is 0 Å². The van der Waals surface area contributed by atoms with Crippen molar-refractivity contribution in [2.75, 3.05) is 0 Å². The maximum Gasteiger partial charge on any atom is 0.0700 e. The molecule has 2 nitrogen and oxygen atoms in total. The minimum atomic E-state index is 0.850. The highest BCUT2D eigenvalue weighted by atomic mass is 79.9. The van der Waals surface area contributed by atoms with Gasteiger partial charge in [-0.15, -0.1) is 0 Å². The second-order valence-electron chi connectivity index (χ2n) is 4.81. The number of nitrogens with zero attached hydrogens (tertiary/aromatic N) is 2. The van der Waals surface area contributed by atoms with Crippen LogP contribution < -0.4 is 0 Å². The Morgan fingerprint density at radius 1 is 0.682 bits per heavy atom. The molecule has 0 atom stereocenters. The lowest BCUT2D eigenvalue weighted by Crippen LogP contribution is -2.01. The minimum Gasteiger partial charge on any atom is -0.155 e. The predicted octanol–water partition coefficient (Wildman–Crippen LogP) is 6.23. The Labute approximate surface area is 148 Å². The molecule has 22 heavy (non-hydrogen) atoms. The van der Waals surface area contributed by atoms with E-state index in [2.05, 4.69) is 80.2 Å². The van der Waals surface area contributed by atoms with Crippen molar-refractivity contribution in [1.82, 2.24) is 0 Å². The highest BCUT2D eigenvalue weighted by molar-refractivity contribution is 9.10. The van der Waals surface area contributed by atoms with E-state index in [9.17, 15) is 0 Å². The zero-order valence-electron chi connectivity index (χ0n) is 12.7. The van der Waals surface area contributed by atoms with E-state index in [1.165, 1.54) is 0 Å². The summed E-state index contributed by atoms with van der Waals surface area (Å²) >= 11 is 6.91. The minimum absolute atomic E-state index is 0.850. The molecule has 0 fully saturated rings. The molecule has 0 aliphatic carbocycles. The molecular formula is C18H18Br2N2. The number of rotatable bonds is 5. The van der Waals surface area contributed by atoms with Crippen LogP contribution in [0.1, 0.15) is 37.8 Å². The molecule has 0 spiro atoms. The number of benzene rings is 2. The fraction of sp³-hybridized carbons (Fsp3) is 0.222. The van der Waals surface area contributed by atoms with Gasteiger partial charge in [-0.05, 0) is 48.2 Å². The summed E-state index contributed by atoms with van der Waals surface area (Å²) in [6.07, 6.45) is 1.70. The Morgan fingerprint density at radius 2 is 1.00 bits per heavy atom. The van der Waals surface area contributed by atoms with Crippen molar-refractivity contribution >= 4 is 43.3 Å². The van der Waals surface area contributed by atoms with Gasteiger partial charge in [0.05, 0.1) is 11.4 Å². The first-order chi connectivity index (χ1) is 10.6. The maximum absolute atomic E-state index is 4.49. The van der Waals surface area contributed by atoms with E-state index in [-0.39, 0.29) is 0 Å². The molecule has 0 N–H and O–H groups in total. The fourth-order valence-corrected chi connectivity index (χ4v) is 2.60. The van der Waals surface area contributed by atoms with Gasteiger partial charge < -0.3 is 0 Å². The predicted molar refractivity (Wildman–Crippen MR) is 102 cm³/mol. The Hall–Kier alpha value is -1.26. The first-order valence-corrected chi connectivity index (χ1v) is 8.88. The lowest BCUT2D eigenvalue weighted by Gasteiger charge is -2.05. The van der Waals surface area contributed by atoms with Crippen molar-refractivity contribution in [3.63, 3.8) is 0 Å². The van der Waals surface area contributed by atoms with E-state index in [1.807, 2.05) is 24.3 Å². The molecule has 4 heteroatoms. The lowest BCUT2D eigenvalue weighted by atomic mass is 10.1. The van der Waals surface area contributed by atoms with Crippen LogP contribution in [0.5, 0.6) is 0 Å². The molecular weight excluding hydrogens is 404 g/mol. The molecule has 0 heterocycles. The first kappa shape index (κ1) is 17.1. The van der Waals surface area contributed by atoms with Crippen molar-refractivity contribution < 1.29 is 0 Å². The van der Waals surface area contributed by atoms with E-state index >= 15 is 0 Å². The van der Waals surface area contributed by atoms with Gasteiger partial charge in [-0.3, -0.25) is 0 Å². The van der Waals surface area contributed by atoms with Crippen LogP contribution in [0, 0.1) is 0 Å². The van der Waals surface area contributed by atoms with E-state index in [0.717, 1.165) is 44.3 Å². The molecule has 2 rings (SSSR count). The summed E-state index contributed by atoms with van der Waals surface area (Å²) in [5.74, 6) is 0. The summed E-state index contributed by atoms with van der Waals surface area (Å²) in [4.78, 5) is 0. The summed E-state index contributed by atoms with van der Waals surface area (Å²) in [6.45, 7) is 4.20. The third kappa shape index (κ3) is 4.62. The van der Waals surface area contributed by atoms with Gasteiger partial charge >= 0.3 is 0 Å². The summed E-state index contributed by atoms with van der Waals surface area (Å²) in [7, 11) is 0. The second-order valence-corrected chi connectivity index (χ2v) is 6.65. The van der Waals surface area contributed by atoms with Crippen molar-refractivity contribution in [3.8, 4) is 0 Å². The van der Waals surface area contributed by atoms with Gasteiger partial charge in [0.15, 0.2) is 0 Å². The van der Waals surface area contributed by atoms with Crippen LogP contribution in [0.25, 0.3) is 0 Å². The third-order valence-corrected chi connectivity index (χ3v) is 4.37. The molecule has 114 valence electrons. The van der Waals surface area contributed by atoms with Crippen LogP contribution in [0.4, 0.5) is 0 Å². The van der Waals surface area contributed by atoms with Gasteiger partial charge in [0.1, 0.15) is 0 Å². The summed E-state index contributed by atoms with van der Waals surface area (Å²) in [5.41, 5.74) is 4.22. The van der Waals surface area contributed by atoms with E-state index in [0.29, 0.717) is 0 Å². The first-order valence-electron chi connectivity index (χ1n) is 7.29. The largest absolute Gasteiger partial charge is 0.155 e. The molecule has 0 bridgehead atoms. The van der Waals surface area contributed by atoms with Crippen LogP contribution in [0.15, 0.2) is 67.7 Å². The molecule has 0 unspecified atom stereocenters.